The molecule has 2 heteroatoms. The molecule has 0 spiro atoms. The Morgan fingerprint density at radius 3 is 2.30 bits per heavy atom. The number of piperazine rings is 1. The van der Waals surface area contributed by atoms with Crippen molar-refractivity contribution in [3.8, 4) is 0 Å². The van der Waals surface area contributed by atoms with Crippen LogP contribution in [0, 0.1) is 6.54 Å². The number of likely N-dealkylation sites (N-methyl/N-ethyl adjacent to an activating group) is 1. The fraction of sp³-hybridized carbons (Fsp3) is 0.875. The molecule has 0 aromatic heterocycles. The van der Waals surface area contributed by atoms with Crippen molar-refractivity contribution >= 4 is 0 Å². The average molecular weight is 141 g/mol. The Kier molecular flexibility index (Phi) is 3.16. The van der Waals surface area contributed by atoms with E-state index in [1.807, 2.05) is 0 Å². The van der Waals surface area contributed by atoms with Gasteiger partial charge in [-0.3, -0.25) is 4.90 Å². The summed E-state index contributed by atoms with van der Waals surface area (Å²) in [7, 11) is 2.18. The monoisotopic (exact) mass is 141 g/mol. The first-order chi connectivity index (χ1) is 4.83. The zero-order valence-electron chi connectivity index (χ0n) is 7.01. The molecule has 2 nitrogen and oxygen atoms in total. The molecule has 0 unspecified atom stereocenters. The summed E-state index contributed by atoms with van der Waals surface area (Å²) in [5.41, 5.74) is 0. The molecule has 0 N–H and O–H groups in total. The van der Waals surface area contributed by atoms with E-state index in [1.165, 1.54) is 32.6 Å². The molecule has 0 saturated carbocycles. The third-order valence-corrected chi connectivity index (χ3v) is 1.98. The second kappa shape index (κ2) is 3.94. The topological polar surface area (TPSA) is 6.48 Å². The van der Waals surface area contributed by atoms with Crippen LogP contribution in [-0.4, -0.2) is 43.0 Å². The molecule has 59 valence electrons. The van der Waals surface area contributed by atoms with Crippen molar-refractivity contribution in [2.24, 2.45) is 0 Å². The van der Waals surface area contributed by atoms with Gasteiger partial charge in [0.05, 0.1) is 0 Å². The van der Waals surface area contributed by atoms with E-state index in [0.717, 1.165) is 0 Å². The van der Waals surface area contributed by atoms with Crippen LogP contribution in [0.15, 0.2) is 0 Å². The van der Waals surface area contributed by atoms with Gasteiger partial charge in [-0.1, -0.05) is 6.92 Å². The summed E-state index contributed by atoms with van der Waals surface area (Å²) < 4.78 is 0. The molecule has 10 heavy (non-hydrogen) atoms. The minimum atomic E-state index is 1.17. The standard InChI is InChI=1S/C8H17N2/c1-3-4-10-7-5-9(2)6-8-10/h4H,3,5-8H2,1-2H3. The molecule has 1 aliphatic rings. The Bertz CT molecular complexity index is 85.3. The number of rotatable bonds is 2. The fourth-order valence-corrected chi connectivity index (χ4v) is 1.26. The summed E-state index contributed by atoms with van der Waals surface area (Å²) in [6.07, 6.45) is 1.17. The normalized spacial score (nSPS) is 23.4. The quantitative estimate of drug-likeness (QED) is 0.561. The summed E-state index contributed by atoms with van der Waals surface area (Å²) in [6, 6.07) is 0. The summed E-state index contributed by atoms with van der Waals surface area (Å²) in [6.45, 7) is 9.35. The summed E-state index contributed by atoms with van der Waals surface area (Å²) in [5.74, 6) is 0. The molecule has 0 aromatic rings. The Morgan fingerprint density at radius 2 is 1.80 bits per heavy atom. The van der Waals surface area contributed by atoms with E-state index in [1.54, 1.807) is 0 Å². The van der Waals surface area contributed by atoms with Crippen molar-refractivity contribution in [1.29, 1.82) is 0 Å². The third kappa shape index (κ3) is 2.27. The summed E-state index contributed by atoms with van der Waals surface area (Å²) in [4.78, 5) is 4.79. The van der Waals surface area contributed by atoms with Gasteiger partial charge in [0, 0.05) is 32.7 Å². The number of nitrogens with zero attached hydrogens (tertiary/aromatic N) is 2. The summed E-state index contributed by atoms with van der Waals surface area (Å²) >= 11 is 0. The first kappa shape index (κ1) is 8.02. The van der Waals surface area contributed by atoms with Crippen LogP contribution in [0.5, 0.6) is 0 Å². The lowest BCUT2D eigenvalue weighted by Gasteiger charge is -2.31. The first-order valence-corrected chi connectivity index (χ1v) is 4.09. The minimum Gasteiger partial charge on any atom is -0.304 e. The van der Waals surface area contributed by atoms with Crippen LogP contribution in [0.25, 0.3) is 0 Å². The van der Waals surface area contributed by atoms with E-state index in [-0.39, 0.29) is 0 Å². The molecule has 0 bridgehead atoms. The molecule has 0 atom stereocenters. The highest BCUT2D eigenvalue weighted by molar-refractivity contribution is 4.74. The summed E-state index contributed by atoms with van der Waals surface area (Å²) in [5, 5.41) is 0. The fourth-order valence-electron chi connectivity index (χ4n) is 1.26. The largest absolute Gasteiger partial charge is 0.304 e. The highest BCUT2D eigenvalue weighted by atomic mass is 15.2. The third-order valence-electron chi connectivity index (χ3n) is 1.98. The van der Waals surface area contributed by atoms with Gasteiger partial charge in [-0.2, -0.15) is 0 Å². The zero-order chi connectivity index (χ0) is 7.40. The first-order valence-electron chi connectivity index (χ1n) is 4.09. The maximum Gasteiger partial charge on any atom is 0.0249 e. The van der Waals surface area contributed by atoms with Crippen LogP contribution in [0.4, 0.5) is 0 Å². The lowest BCUT2D eigenvalue weighted by Crippen LogP contribution is -2.42. The molecule has 0 aromatic carbocycles. The van der Waals surface area contributed by atoms with Crippen molar-refractivity contribution in [3.05, 3.63) is 6.54 Å². The van der Waals surface area contributed by atoms with Gasteiger partial charge in [-0.25, -0.2) is 0 Å². The van der Waals surface area contributed by atoms with E-state index >= 15 is 0 Å². The molecule has 1 rings (SSSR count). The van der Waals surface area contributed by atoms with Gasteiger partial charge in [0.2, 0.25) is 0 Å². The molecule has 1 fully saturated rings. The number of hydrogen-bond donors (Lipinski definition) is 0. The smallest absolute Gasteiger partial charge is 0.0249 e. The van der Waals surface area contributed by atoms with Gasteiger partial charge < -0.3 is 4.90 Å². The molecular formula is C8H17N2. The Labute approximate surface area is 63.8 Å². The van der Waals surface area contributed by atoms with Gasteiger partial charge in [0.25, 0.3) is 0 Å². The van der Waals surface area contributed by atoms with Gasteiger partial charge in [0.15, 0.2) is 0 Å². The van der Waals surface area contributed by atoms with Crippen LogP contribution >= 0.6 is 0 Å². The van der Waals surface area contributed by atoms with E-state index < -0.39 is 0 Å². The molecule has 0 amide bonds. The molecule has 1 saturated heterocycles. The molecular weight excluding hydrogens is 124 g/mol. The molecule has 0 aliphatic carbocycles. The van der Waals surface area contributed by atoms with Gasteiger partial charge in [-0.05, 0) is 13.5 Å². The number of hydrogen-bond acceptors (Lipinski definition) is 2. The van der Waals surface area contributed by atoms with E-state index in [9.17, 15) is 0 Å². The van der Waals surface area contributed by atoms with Crippen LogP contribution in [0.3, 0.4) is 0 Å². The van der Waals surface area contributed by atoms with E-state index in [2.05, 4.69) is 30.3 Å². The van der Waals surface area contributed by atoms with Crippen molar-refractivity contribution in [1.82, 2.24) is 9.80 Å². The minimum absolute atomic E-state index is 1.17. The van der Waals surface area contributed by atoms with Crippen molar-refractivity contribution in [3.63, 3.8) is 0 Å². The highest BCUT2D eigenvalue weighted by Gasteiger charge is 2.11. The van der Waals surface area contributed by atoms with Crippen LogP contribution < -0.4 is 0 Å². The lowest BCUT2D eigenvalue weighted by molar-refractivity contribution is 0.179. The Hall–Kier alpha value is -0.0800. The van der Waals surface area contributed by atoms with Crippen LogP contribution in [0.2, 0.25) is 0 Å². The molecule has 1 heterocycles. The highest BCUT2D eigenvalue weighted by Crippen LogP contribution is 2.02. The predicted octanol–water partition coefficient (Wildman–Crippen LogP) is 0.806. The van der Waals surface area contributed by atoms with Crippen LogP contribution in [0.1, 0.15) is 13.3 Å². The van der Waals surface area contributed by atoms with Crippen molar-refractivity contribution in [2.45, 2.75) is 13.3 Å². The molecule has 1 radical (unpaired) electrons. The Balaban J connectivity index is 2.13. The second-order valence-corrected chi connectivity index (χ2v) is 2.93. The van der Waals surface area contributed by atoms with Crippen LogP contribution in [-0.2, 0) is 0 Å². The average Bonchev–Trinajstić information content (AvgIpc) is 1.95. The molecule has 1 aliphatic heterocycles. The second-order valence-electron chi connectivity index (χ2n) is 2.93. The Morgan fingerprint density at radius 1 is 1.20 bits per heavy atom. The van der Waals surface area contributed by atoms with Gasteiger partial charge in [-0.15, -0.1) is 0 Å². The van der Waals surface area contributed by atoms with Crippen molar-refractivity contribution in [2.75, 3.05) is 33.2 Å². The van der Waals surface area contributed by atoms with Gasteiger partial charge in [0.1, 0.15) is 0 Å². The SMILES string of the molecule is CC[CH]N1CCN(C)CC1. The lowest BCUT2D eigenvalue weighted by atomic mass is 10.3. The van der Waals surface area contributed by atoms with Gasteiger partial charge >= 0.3 is 0 Å². The zero-order valence-corrected chi connectivity index (χ0v) is 7.01. The van der Waals surface area contributed by atoms with Crippen molar-refractivity contribution < 1.29 is 0 Å². The maximum absolute atomic E-state index is 2.42. The van der Waals surface area contributed by atoms with E-state index in [4.69, 9.17) is 0 Å². The maximum atomic E-state index is 2.42. The van der Waals surface area contributed by atoms with E-state index in [0.29, 0.717) is 0 Å². The predicted molar refractivity (Wildman–Crippen MR) is 43.7 cm³/mol.